The van der Waals surface area contributed by atoms with Crippen LogP contribution >= 0.6 is 0 Å². The Morgan fingerprint density at radius 2 is 2.00 bits per heavy atom. The van der Waals surface area contributed by atoms with Gasteiger partial charge < -0.3 is 10.8 Å². The maximum atomic E-state index is 11.2. The zero-order valence-electron chi connectivity index (χ0n) is 9.16. The van der Waals surface area contributed by atoms with Gasteiger partial charge in [0.05, 0.1) is 0 Å². The number of unbranched alkanes of at least 4 members (excludes halogenated alkanes) is 1. The zero-order valence-corrected chi connectivity index (χ0v) is 9.16. The van der Waals surface area contributed by atoms with E-state index in [2.05, 4.69) is 6.58 Å². The van der Waals surface area contributed by atoms with Gasteiger partial charge in [-0.25, -0.2) is 0 Å². The number of hydrogen-bond acceptors (Lipinski definition) is 3. The Hall–Kier alpha value is -1.16. The molecule has 0 fully saturated rings. The summed E-state index contributed by atoms with van der Waals surface area (Å²) < 4.78 is 0. The highest BCUT2D eigenvalue weighted by Gasteiger charge is 2.10. The molecule has 0 heterocycles. The van der Waals surface area contributed by atoms with Gasteiger partial charge in [-0.3, -0.25) is 9.59 Å². The van der Waals surface area contributed by atoms with Crippen LogP contribution in [0.15, 0.2) is 12.2 Å². The van der Waals surface area contributed by atoms with Gasteiger partial charge in [0.15, 0.2) is 0 Å². The van der Waals surface area contributed by atoms with Crippen LogP contribution in [-0.2, 0) is 9.59 Å². The number of aliphatic carboxylic acids is 1. The average Bonchev–Trinajstić information content (AvgIpc) is 2.10. The van der Waals surface area contributed by atoms with Gasteiger partial charge >= 0.3 is 5.97 Å². The summed E-state index contributed by atoms with van der Waals surface area (Å²) in [5.74, 6) is -0.824. The third-order valence-corrected chi connectivity index (χ3v) is 2.04. The van der Waals surface area contributed by atoms with Gasteiger partial charge in [-0.2, -0.15) is 0 Å². The highest BCUT2D eigenvalue weighted by Crippen LogP contribution is 2.07. The van der Waals surface area contributed by atoms with Crippen molar-refractivity contribution in [3.8, 4) is 0 Å². The Morgan fingerprint density at radius 1 is 1.40 bits per heavy atom. The lowest BCUT2D eigenvalue weighted by molar-refractivity contribution is -0.138. The first-order valence-electron chi connectivity index (χ1n) is 5.08. The third kappa shape index (κ3) is 7.88. The van der Waals surface area contributed by atoms with Gasteiger partial charge in [-0.1, -0.05) is 18.6 Å². The van der Waals surface area contributed by atoms with Crippen LogP contribution in [-0.4, -0.2) is 22.9 Å². The monoisotopic (exact) mass is 213 g/mol. The molecule has 4 heteroatoms. The Bertz CT molecular complexity index is 248. The van der Waals surface area contributed by atoms with Crippen LogP contribution in [0.2, 0.25) is 0 Å². The highest BCUT2D eigenvalue weighted by molar-refractivity contribution is 5.80. The molecule has 0 saturated carbocycles. The number of carboxylic acid groups (broad SMARTS) is 1. The van der Waals surface area contributed by atoms with Gasteiger partial charge in [0.2, 0.25) is 0 Å². The highest BCUT2D eigenvalue weighted by atomic mass is 16.4. The molecule has 0 aromatic heterocycles. The van der Waals surface area contributed by atoms with Crippen LogP contribution in [0.4, 0.5) is 0 Å². The summed E-state index contributed by atoms with van der Waals surface area (Å²) in [7, 11) is 0. The molecule has 0 amide bonds. The minimum Gasteiger partial charge on any atom is -0.480 e. The smallest absolute Gasteiger partial charge is 0.320 e. The second-order valence-electron chi connectivity index (χ2n) is 3.86. The molecule has 0 aliphatic carbocycles. The molecule has 3 N–H and O–H groups in total. The molecule has 0 aliphatic heterocycles. The molecule has 0 rings (SSSR count). The van der Waals surface area contributed by atoms with E-state index in [0.717, 1.165) is 5.57 Å². The second-order valence-corrected chi connectivity index (χ2v) is 3.86. The summed E-state index contributed by atoms with van der Waals surface area (Å²) in [5.41, 5.74) is 6.18. The van der Waals surface area contributed by atoms with Gasteiger partial charge in [0.25, 0.3) is 0 Å². The standard InChI is InChI=1S/C11H19NO3/c1-8(2)7-9(13)5-3-4-6-10(12)11(14)15/h10H,1,3-7,12H2,2H3,(H,14,15). The van der Waals surface area contributed by atoms with Crippen molar-refractivity contribution >= 4 is 11.8 Å². The normalized spacial score (nSPS) is 12.1. The van der Waals surface area contributed by atoms with Crippen molar-refractivity contribution in [2.45, 2.75) is 45.1 Å². The Morgan fingerprint density at radius 3 is 2.47 bits per heavy atom. The molecule has 0 spiro atoms. The summed E-state index contributed by atoms with van der Waals surface area (Å²) in [4.78, 5) is 21.6. The van der Waals surface area contributed by atoms with Crippen molar-refractivity contribution in [1.82, 2.24) is 0 Å². The van der Waals surface area contributed by atoms with E-state index >= 15 is 0 Å². The second kappa shape index (κ2) is 7.17. The number of carboxylic acids is 1. The molecule has 1 unspecified atom stereocenters. The molecule has 0 bridgehead atoms. The lowest BCUT2D eigenvalue weighted by atomic mass is 10.0. The van der Waals surface area contributed by atoms with E-state index in [1.54, 1.807) is 0 Å². The lowest BCUT2D eigenvalue weighted by Gasteiger charge is -2.05. The molecule has 0 aromatic carbocycles. The largest absolute Gasteiger partial charge is 0.480 e. The number of rotatable bonds is 8. The Labute approximate surface area is 90.2 Å². The molecular formula is C11H19NO3. The maximum Gasteiger partial charge on any atom is 0.320 e. The number of carbonyl (C=O) groups is 2. The van der Waals surface area contributed by atoms with Crippen LogP contribution in [0, 0.1) is 0 Å². The van der Waals surface area contributed by atoms with Crippen LogP contribution < -0.4 is 5.73 Å². The zero-order chi connectivity index (χ0) is 11.8. The summed E-state index contributed by atoms with van der Waals surface area (Å²) in [6.45, 7) is 5.47. The van der Waals surface area contributed by atoms with Crippen LogP contribution in [0.25, 0.3) is 0 Å². The topological polar surface area (TPSA) is 80.4 Å². The van der Waals surface area contributed by atoms with E-state index in [1.807, 2.05) is 6.92 Å². The van der Waals surface area contributed by atoms with Gasteiger partial charge in [-0.15, -0.1) is 0 Å². The van der Waals surface area contributed by atoms with Crippen molar-refractivity contribution < 1.29 is 14.7 Å². The SMILES string of the molecule is C=C(C)CC(=O)CCCCC(N)C(=O)O. The first-order chi connectivity index (χ1) is 6.93. The number of carbonyl (C=O) groups excluding carboxylic acids is 1. The number of allylic oxidation sites excluding steroid dienone is 1. The molecule has 0 aliphatic rings. The summed E-state index contributed by atoms with van der Waals surface area (Å²) in [6.07, 6.45) is 2.71. The molecule has 15 heavy (non-hydrogen) atoms. The summed E-state index contributed by atoms with van der Waals surface area (Å²) in [5, 5.41) is 8.51. The van der Waals surface area contributed by atoms with Gasteiger partial charge in [0.1, 0.15) is 11.8 Å². The van der Waals surface area contributed by atoms with Crippen LogP contribution in [0.1, 0.15) is 39.0 Å². The predicted octanol–water partition coefficient (Wildman–Crippen LogP) is 1.49. The average molecular weight is 213 g/mol. The summed E-state index contributed by atoms with van der Waals surface area (Å²) in [6, 6.07) is -0.804. The summed E-state index contributed by atoms with van der Waals surface area (Å²) >= 11 is 0. The minimum atomic E-state index is -0.983. The van der Waals surface area contributed by atoms with E-state index < -0.39 is 12.0 Å². The number of nitrogens with two attached hydrogens (primary N) is 1. The van der Waals surface area contributed by atoms with Crippen molar-refractivity contribution in [1.29, 1.82) is 0 Å². The molecule has 1 atom stereocenters. The quantitative estimate of drug-likeness (QED) is 0.473. The first-order valence-corrected chi connectivity index (χ1v) is 5.08. The molecule has 4 nitrogen and oxygen atoms in total. The van der Waals surface area contributed by atoms with E-state index in [4.69, 9.17) is 10.8 Å². The predicted molar refractivity (Wildman–Crippen MR) is 58.5 cm³/mol. The molecule has 86 valence electrons. The minimum absolute atomic E-state index is 0.159. The fourth-order valence-corrected chi connectivity index (χ4v) is 1.23. The van der Waals surface area contributed by atoms with Crippen molar-refractivity contribution in [2.24, 2.45) is 5.73 Å². The molecular weight excluding hydrogens is 194 g/mol. The van der Waals surface area contributed by atoms with E-state index in [9.17, 15) is 9.59 Å². The van der Waals surface area contributed by atoms with Crippen molar-refractivity contribution in [3.05, 3.63) is 12.2 Å². The lowest BCUT2D eigenvalue weighted by Crippen LogP contribution is -2.29. The first kappa shape index (κ1) is 13.8. The number of hydrogen-bond donors (Lipinski definition) is 2. The van der Waals surface area contributed by atoms with Gasteiger partial charge in [0, 0.05) is 12.8 Å². The Kier molecular flexibility index (Phi) is 6.62. The fraction of sp³-hybridized carbons (Fsp3) is 0.636. The van der Waals surface area contributed by atoms with E-state index in [1.165, 1.54) is 0 Å². The van der Waals surface area contributed by atoms with E-state index in [0.29, 0.717) is 32.1 Å². The molecule has 0 radical (unpaired) electrons. The third-order valence-electron chi connectivity index (χ3n) is 2.04. The van der Waals surface area contributed by atoms with Gasteiger partial charge in [-0.05, 0) is 19.8 Å². The van der Waals surface area contributed by atoms with Crippen molar-refractivity contribution in [2.75, 3.05) is 0 Å². The fourth-order valence-electron chi connectivity index (χ4n) is 1.23. The molecule has 0 aromatic rings. The van der Waals surface area contributed by atoms with Crippen LogP contribution in [0.3, 0.4) is 0 Å². The maximum absolute atomic E-state index is 11.2. The van der Waals surface area contributed by atoms with E-state index in [-0.39, 0.29) is 5.78 Å². The van der Waals surface area contributed by atoms with Crippen LogP contribution in [0.5, 0.6) is 0 Å². The molecule has 0 saturated heterocycles. The number of ketones is 1. The number of Topliss-reactive ketones (excluding diaryl/α,β-unsaturated/α-hetero) is 1. The Balaban J connectivity index is 3.50. The van der Waals surface area contributed by atoms with Crippen molar-refractivity contribution in [3.63, 3.8) is 0 Å².